The molecule has 0 spiro atoms. The summed E-state index contributed by atoms with van der Waals surface area (Å²) in [5.74, 6) is 0. The largest absolute Gasteiger partial charge is 0.328 e. The van der Waals surface area contributed by atoms with Gasteiger partial charge in [-0.1, -0.05) is 29.8 Å². The predicted molar refractivity (Wildman–Crippen MR) is 61.2 cm³/mol. The number of hydrogen-bond donors (Lipinski definition) is 2. The Balaban J connectivity index is 2.78. The van der Waals surface area contributed by atoms with E-state index < -0.39 is 0 Å². The Morgan fingerprint density at radius 1 is 1.43 bits per heavy atom. The number of hydrogen-bond acceptors (Lipinski definition) is 2. The van der Waals surface area contributed by atoms with E-state index in [9.17, 15) is 0 Å². The normalized spacial score (nSPS) is 15.1. The van der Waals surface area contributed by atoms with Gasteiger partial charge in [0.25, 0.3) is 0 Å². The van der Waals surface area contributed by atoms with Crippen LogP contribution in [0.2, 0.25) is 0 Å². The summed E-state index contributed by atoms with van der Waals surface area (Å²) in [5.41, 5.74) is 8.43. The average Bonchev–Trinajstić information content (AvgIpc) is 2.14. The van der Waals surface area contributed by atoms with Crippen LogP contribution in [0.4, 0.5) is 0 Å². The van der Waals surface area contributed by atoms with Crippen LogP contribution in [-0.4, -0.2) is 13.1 Å². The molecule has 0 radical (unpaired) electrons. The van der Waals surface area contributed by atoms with Crippen molar-refractivity contribution >= 4 is 0 Å². The Morgan fingerprint density at radius 3 is 2.64 bits per heavy atom. The van der Waals surface area contributed by atoms with Crippen LogP contribution in [0.5, 0.6) is 0 Å². The summed E-state index contributed by atoms with van der Waals surface area (Å²) in [6.07, 6.45) is 0.972. The molecule has 2 nitrogen and oxygen atoms in total. The Bertz CT molecular complexity index is 281. The van der Waals surface area contributed by atoms with Crippen molar-refractivity contribution in [1.82, 2.24) is 5.32 Å². The van der Waals surface area contributed by atoms with E-state index in [1.165, 1.54) is 11.1 Å². The van der Waals surface area contributed by atoms with Gasteiger partial charge in [-0.05, 0) is 32.9 Å². The van der Waals surface area contributed by atoms with Crippen molar-refractivity contribution in [2.75, 3.05) is 7.05 Å². The molecule has 2 atom stereocenters. The molecule has 0 aliphatic carbocycles. The maximum absolute atomic E-state index is 5.80. The van der Waals surface area contributed by atoms with Gasteiger partial charge in [-0.15, -0.1) is 0 Å². The minimum atomic E-state index is 0.230. The highest BCUT2D eigenvalue weighted by Gasteiger charge is 2.10. The van der Waals surface area contributed by atoms with Crippen LogP contribution in [0.1, 0.15) is 30.5 Å². The first-order chi connectivity index (χ1) is 6.63. The predicted octanol–water partition coefficient (Wildman–Crippen LogP) is 1.99. The fraction of sp³-hybridized carbons (Fsp3) is 0.500. The zero-order chi connectivity index (χ0) is 10.6. The van der Waals surface area contributed by atoms with E-state index in [1.807, 2.05) is 14.0 Å². The lowest BCUT2D eigenvalue weighted by atomic mass is 9.99. The molecule has 0 aromatic heterocycles. The summed E-state index contributed by atoms with van der Waals surface area (Å²) in [7, 11) is 1.98. The maximum Gasteiger partial charge on any atom is 0.0332 e. The summed E-state index contributed by atoms with van der Waals surface area (Å²) >= 11 is 0. The minimum Gasteiger partial charge on any atom is -0.328 e. The lowest BCUT2D eigenvalue weighted by Gasteiger charge is -2.19. The molecule has 1 rings (SSSR count). The van der Waals surface area contributed by atoms with Gasteiger partial charge in [0.1, 0.15) is 0 Å². The van der Waals surface area contributed by atoms with Gasteiger partial charge in [-0.2, -0.15) is 0 Å². The maximum atomic E-state index is 5.80. The minimum absolute atomic E-state index is 0.230. The lowest BCUT2D eigenvalue weighted by molar-refractivity contribution is 0.499. The van der Waals surface area contributed by atoms with Gasteiger partial charge in [0.2, 0.25) is 0 Å². The van der Waals surface area contributed by atoms with Gasteiger partial charge in [0.15, 0.2) is 0 Å². The second-order valence-electron chi connectivity index (χ2n) is 3.97. The molecule has 0 aliphatic heterocycles. The van der Waals surface area contributed by atoms with Gasteiger partial charge in [0, 0.05) is 12.1 Å². The average molecular weight is 192 g/mol. The molecule has 2 heteroatoms. The van der Waals surface area contributed by atoms with Crippen LogP contribution in [0.3, 0.4) is 0 Å². The quantitative estimate of drug-likeness (QED) is 0.765. The molecule has 1 aromatic rings. The van der Waals surface area contributed by atoms with Crippen LogP contribution in [0.15, 0.2) is 24.3 Å². The standard InChI is InChI=1S/C12H20N2/c1-9-5-4-6-11(7-9)12(14-3)8-10(2)13/h4-7,10,12,14H,8,13H2,1-3H3. The van der Waals surface area contributed by atoms with Gasteiger partial charge in [-0.25, -0.2) is 0 Å². The van der Waals surface area contributed by atoms with Crippen LogP contribution < -0.4 is 11.1 Å². The van der Waals surface area contributed by atoms with E-state index >= 15 is 0 Å². The summed E-state index contributed by atoms with van der Waals surface area (Å²) in [6, 6.07) is 9.17. The third kappa shape index (κ3) is 3.13. The van der Waals surface area contributed by atoms with Gasteiger partial charge >= 0.3 is 0 Å². The van der Waals surface area contributed by atoms with Crippen molar-refractivity contribution in [3.8, 4) is 0 Å². The van der Waals surface area contributed by atoms with E-state index in [1.54, 1.807) is 0 Å². The highest BCUT2D eigenvalue weighted by Crippen LogP contribution is 2.18. The van der Waals surface area contributed by atoms with Gasteiger partial charge in [-0.3, -0.25) is 0 Å². The number of nitrogens with two attached hydrogens (primary N) is 1. The molecule has 0 amide bonds. The summed E-state index contributed by atoms with van der Waals surface area (Å²) in [6.45, 7) is 4.15. The molecule has 3 N–H and O–H groups in total. The van der Waals surface area contributed by atoms with Gasteiger partial charge < -0.3 is 11.1 Å². The topological polar surface area (TPSA) is 38.0 Å². The Labute approximate surface area is 86.5 Å². The van der Waals surface area contributed by atoms with Crippen molar-refractivity contribution in [2.45, 2.75) is 32.4 Å². The highest BCUT2D eigenvalue weighted by atomic mass is 14.9. The molecule has 0 bridgehead atoms. The van der Waals surface area contributed by atoms with Crippen LogP contribution in [0, 0.1) is 6.92 Å². The van der Waals surface area contributed by atoms with Crippen LogP contribution >= 0.6 is 0 Å². The van der Waals surface area contributed by atoms with Crippen molar-refractivity contribution < 1.29 is 0 Å². The third-order valence-electron chi connectivity index (χ3n) is 2.40. The van der Waals surface area contributed by atoms with E-state index in [0.29, 0.717) is 6.04 Å². The molecular weight excluding hydrogens is 172 g/mol. The molecule has 0 saturated heterocycles. The summed E-state index contributed by atoms with van der Waals surface area (Å²) in [5, 5.41) is 3.30. The fourth-order valence-electron chi connectivity index (χ4n) is 1.68. The lowest BCUT2D eigenvalue weighted by Crippen LogP contribution is -2.25. The van der Waals surface area contributed by atoms with E-state index in [0.717, 1.165) is 6.42 Å². The van der Waals surface area contributed by atoms with E-state index in [-0.39, 0.29) is 6.04 Å². The number of rotatable bonds is 4. The molecule has 0 fully saturated rings. The number of nitrogens with one attached hydrogen (secondary N) is 1. The second-order valence-corrected chi connectivity index (χ2v) is 3.97. The Kier molecular flexibility index (Phi) is 4.11. The van der Waals surface area contributed by atoms with E-state index in [4.69, 9.17) is 5.73 Å². The van der Waals surface area contributed by atoms with Crippen molar-refractivity contribution in [2.24, 2.45) is 5.73 Å². The molecule has 0 saturated carbocycles. The molecule has 14 heavy (non-hydrogen) atoms. The SMILES string of the molecule is CNC(CC(C)N)c1cccc(C)c1. The molecule has 0 aliphatic rings. The van der Waals surface area contributed by atoms with Crippen molar-refractivity contribution in [3.63, 3.8) is 0 Å². The first kappa shape index (κ1) is 11.2. The first-order valence-electron chi connectivity index (χ1n) is 5.13. The third-order valence-corrected chi connectivity index (χ3v) is 2.40. The van der Waals surface area contributed by atoms with Crippen molar-refractivity contribution in [3.05, 3.63) is 35.4 Å². The summed E-state index contributed by atoms with van der Waals surface area (Å²) < 4.78 is 0. The second kappa shape index (κ2) is 5.13. The Morgan fingerprint density at radius 2 is 2.14 bits per heavy atom. The molecule has 0 heterocycles. The van der Waals surface area contributed by atoms with Gasteiger partial charge in [0.05, 0.1) is 0 Å². The van der Waals surface area contributed by atoms with E-state index in [2.05, 4.69) is 36.5 Å². The molecule has 2 unspecified atom stereocenters. The van der Waals surface area contributed by atoms with Crippen molar-refractivity contribution in [1.29, 1.82) is 0 Å². The smallest absolute Gasteiger partial charge is 0.0332 e. The first-order valence-corrected chi connectivity index (χ1v) is 5.13. The van der Waals surface area contributed by atoms with Crippen LogP contribution in [-0.2, 0) is 0 Å². The summed E-state index contributed by atoms with van der Waals surface area (Å²) in [4.78, 5) is 0. The van der Waals surface area contributed by atoms with Crippen LogP contribution in [0.25, 0.3) is 0 Å². The Hall–Kier alpha value is -0.860. The zero-order valence-corrected chi connectivity index (χ0v) is 9.25. The monoisotopic (exact) mass is 192 g/mol. The molecular formula is C12H20N2. The molecule has 1 aromatic carbocycles. The zero-order valence-electron chi connectivity index (χ0n) is 9.25. The number of aryl methyl sites for hydroxylation is 1. The fourth-order valence-corrected chi connectivity index (χ4v) is 1.68. The number of benzene rings is 1. The highest BCUT2D eigenvalue weighted by molar-refractivity contribution is 5.25. The molecule has 78 valence electrons.